The van der Waals surface area contributed by atoms with Crippen LogP contribution in [0, 0.1) is 0 Å². The first-order chi connectivity index (χ1) is 11.3. The summed E-state index contributed by atoms with van der Waals surface area (Å²) in [5, 5.41) is 3.10. The van der Waals surface area contributed by atoms with Crippen LogP contribution in [0.1, 0.15) is 24.4 Å². The van der Waals surface area contributed by atoms with E-state index in [4.69, 9.17) is 9.47 Å². The third-order valence-electron chi connectivity index (χ3n) is 4.24. The molecule has 124 valence electrons. The minimum atomic E-state index is -0.0417. The zero-order valence-corrected chi connectivity index (χ0v) is 13.4. The quantitative estimate of drug-likeness (QED) is 0.862. The first kappa shape index (κ1) is 16.0. The Morgan fingerprint density at radius 3 is 2.96 bits per heavy atom. The van der Waals surface area contributed by atoms with Gasteiger partial charge in [0, 0.05) is 31.3 Å². The smallest absolute Gasteiger partial charge is 0.244 e. The van der Waals surface area contributed by atoms with Crippen LogP contribution in [0.15, 0.2) is 36.4 Å². The van der Waals surface area contributed by atoms with Gasteiger partial charge in [0.15, 0.2) is 0 Å². The van der Waals surface area contributed by atoms with Crippen LogP contribution in [0.25, 0.3) is 0 Å². The largest absolute Gasteiger partial charge is 0.493 e. The third-order valence-corrected chi connectivity index (χ3v) is 4.24. The van der Waals surface area contributed by atoms with Crippen LogP contribution in [-0.4, -0.2) is 50.3 Å². The monoisotopic (exact) mass is 316 g/mol. The standard InChI is InChI=1S/C18H24N2O3/c21-18(8-3-9-20-10-13-22-14-11-20)19-16-6-4-12-23-17-7-2-1-5-15(16)17/h1-3,5,7-8,16H,4,6,9-14H2,(H,19,21). The van der Waals surface area contributed by atoms with E-state index in [0.717, 1.165) is 57.0 Å². The lowest BCUT2D eigenvalue weighted by Gasteiger charge is -2.25. The summed E-state index contributed by atoms with van der Waals surface area (Å²) in [5.41, 5.74) is 1.07. The highest BCUT2D eigenvalue weighted by atomic mass is 16.5. The average molecular weight is 316 g/mol. The van der Waals surface area contributed by atoms with Gasteiger partial charge in [0.1, 0.15) is 5.75 Å². The van der Waals surface area contributed by atoms with Crippen molar-refractivity contribution in [2.75, 3.05) is 39.5 Å². The summed E-state index contributed by atoms with van der Waals surface area (Å²) in [6.07, 6.45) is 5.42. The molecule has 1 N–H and O–H groups in total. The summed E-state index contributed by atoms with van der Waals surface area (Å²) >= 11 is 0. The highest BCUT2D eigenvalue weighted by Gasteiger charge is 2.20. The number of carbonyl (C=O) groups excluding carboxylic acids is 1. The van der Waals surface area contributed by atoms with E-state index in [-0.39, 0.29) is 11.9 Å². The molecule has 1 saturated heterocycles. The predicted molar refractivity (Wildman–Crippen MR) is 88.5 cm³/mol. The zero-order valence-electron chi connectivity index (χ0n) is 13.4. The normalized spacial score (nSPS) is 22.2. The minimum Gasteiger partial charge on any atom is -0.493 e. The van der Waals surface area contributed by atoms with Gasteiger partial charge in [0.2, 0.25) is 5.91 Å². The Morgan fingerprint density at radius 1 is 1.26 bits per heavy atom. The van der Waals surface area contributed by atoms with Gasteiger partial charge in [-0.1, -0.05) is 24.3 Å². The van der Waals surface area contributed by atoms with E-state index in [1.807, 2.05) is 30.3 Å². The van der Waals surface area contributed by atoms with E-state index in [0.29, 0.717) is 6.61 Å². The SMILES string of the molecule is O=C(C=CCN1CCOCC1)NC1CCCOc2ccccc21. The minimum absolute atomic E-state index is 0.0224. The zero-order chi connectivity index (χ0) is 15.9. The predicted octanol–water partition coefficient (Wildman–Crippen LogP) is 1.90. The van der Waals surface area contributed by atoms with Gasteiger partial charge >= 0.3 is 0 Å². The molecule has 1 fully saturated rings. The fourth-order valence-electron chi connectivity index (χ4n) is 2.99. The molecule has 2 aliphatic rings. The summed E-state index contributed by atoms with van der Waals surface area (Å²) in [7, 11) is 0. The van der Waals surface area contributed by atoms with Crippen molar-refractivity contribution < 1.29 is 14.3 Å². The fourth-order valence-corrected chi connectivity index (χ4v) is 2.99. The van der Waals surface area contributed by atoms with E-state index < -0.39 is 0 Å². The number of para-hydroxylation sites is 1. The Bertz CT molecular complexity index is 553. The number of carbonyl (C=O) groups is 1. The fraction of sp³-hybridized carbons (Fsp3) is 0.500. The molecular weight excluding hydrogens is 292 g/mol. The Balaban J connectivity index is 1.54. The Hall–Kier alpha value is -1.85. The van der Waals surface area contributed by atoms with Gasteiger partial charge in [-0.25, -0.2) is 0 Å². The Morgan fingerprint density at radius 2 is 2.09 bits per heavy atom. The molecule has 0 bridgehead atoms. The number of amides is 1. The van der Waals surface area contributed by atoms with Gasteiger partial charge < -0.3 is 14.8 Å². The second-order valence-corrected chi connectivity index (χ2v) is 5.91. The summed E-state index contributed by atoms with van der Waals surface area (Å²) in [4.78, 5) is 14.5. The number of hydrogen-bond acceptors (Lipinski definition) is 4. The van der Waals surface area contributed by atoms with E-state index in [2.05, 4.69) is 10.2 Å². The second kappa shape index (κ2) is 8.13. The summed E-state index contributed by atoms with van der Waals surface area (Å²) < 4.78 is 11.0. The number of benzene rings is 1. The maximum atomic E-state index is 12.2. The molecule has 3 rings (SSSR count). The molecule has 0 aromatic heterocycles. The van der Waals surface area contributed by atoms with Crippen molar-refractivity contribution in [2.45, 2.75) is 18.9 Å². The topological polar surface area (TPSA) is 50.8 Å². The van der Waals surface area contributed by atoms with Gasteiger partial charge in [0.05, 0.1) is 25.9 Å². The van der Waals surface area contributed by atoms with Crippen LogP contribution in [0.4, 0.5) is 0 Å². The molecule has 2 aliphatic heterocycles. The molecular formula is C18H24N2O3. The molecule has 5 nitrogen and oxygen atoms in total. The van der Waals surface area contributed by atoms with Crippen molar-refractivity contribution in [1.29, 1.82) is 0 Å². The maximum absolute atomic E-state index is 12.2. The molecule has 2 heterocycles. The number of nitrogens with zero attached hydrogens (tertiary/aromatic N) is 1. The van der Waals surface area contributed by atoms with Crippen LogP contribution >= 0.6 is 0 Å². The first-order valence-electron chi connectivity index (χ1n) is 8.32. The van der Waals surface area contributed by atoms with Crippen LogP contribution < -0.4 is 10.1 Å². The third kappa shape index (κ3) is 4.56. The van der Waals surface area contributed by atoms with Crippen molar-refractivity contribution in [3.8, 4) is 5.75 Å². The van der Waals surface area contributed by atoms with Crippen LogP contribution in [0.2, 0.25) is 0 Å². The van der Waals surface area contributed by atoms with Crippen molar-refractivity contribution >= 4 is 5.91 Å². The van der Waals surface area contributed by atoms with Crippen molar-refractivity contribution in [3.05, 3.63) is 42.0 Å². The number of nitrogens with one attached hydrogen (secondary N) is 1. The van der Waals surface area contributed by atoms with E-state index >= 15 is 0 Å². The van der Waals surface area contributed by atoms with Gasteiger partial charge in [-0.15, -0.1) is 0 Å². The maximum Gasteiger partial charge on any atom is 0.244 e. The molecule has 1 atom stereocenters. The molecule has 1 unspecified atom stereocenters. The van der Waals surface area contributed by atoms with E-state index in [1.54, 1.807) is 6.08 Å². The van der Waals surface area contributed by atoms with Crippen LogP contribution in [0.3, 0.4) is 0 Å². The molecule has 0 aliphatic carbocycles. The lowest BCUT2D eigenvalue weighted by Crippen LogP contribution is -2.36. The second-order valence-electron chi connectivity index (χ2n) is 5.91. The van der Waals surface area contributed by atoms with Gasteiger partial charge in [-0.3, -0.25) is 9.69 Å². The molecule has 5 heteroatoms. The molecule has 1 aromatic carbocycles. The average Bonchev–Trinajstić information content (AvgIpc) is 2.78. The van der Waals surface area contributed by atoms with Gasteiger partial charge in [-0.05, 0) is 18.9 Å². The van der Waals surface area contributed by atoms with Gasteiger partial charge in [0.25, 0.3) is 0 Å². The van der Waals surface area contributed by atoms with Crippen molar-refractivity contribution in [2.24, 2.45) is 0 Å². The summed E-state index contributed by atoms with van der Waals surface area (Å²) in [6, 6.07) is 7.97. The molecule has 0 spiro atoms. The lowest BCUT2D eigenvalue weighted by atomic mass is 10.0. The summed E-state index contributed by atoms with van der Waals surface area (Å²) in [5.74, 6) is 0.840. The van der Waals surface area contributed by atoms with Crippen LogP contribution in [-0.2, 0) is 9.53 Å². The van der Waals surface area contributed by atoms with Crippen molar-refractivity contribution in [3.63, 3.8) is 0 Å². The first-order valence-corrected chi connectivity index (χ1v) is 8.32. The number of fused-ring (bicyclic) bond motifs is 1. The van der Waals surface area contributed by atoms with Crippen molar-refractivity contribution in [1.82, 2.24) is 10.2 Å². The molecule has 23 heavy (non-hydrogen) atoms. The van der Waals surface area contributed by atoms with Gasteiger partial charge in [-0.2, -0.15) is 0 Å². The molecule has 0 saturated carbocycles. The highest BCUT2D eigenvalue weighted by Crippen LogP contribution is 2.30. The van der Waals surface area contributed by atoms with E-state index in [9.17, 15) is 4.79 Å². The molecule has 1 amide bonds. The number of morpholine rings is 1. The van der Waals surface area contributed by atoms with Crippen LogP contribution in [0.5, 0.6) is 5.75 Å². The van der Waals surface area contributed by atoms with E-state index in [1.165, 1.54) is 0 Å². The summed E-state index contributed by atoms with van der Waals surface area (Å²) in [6.45, 7) is 4.91. The lowest BCUT2D eigenvalue weighted by molar-refractivity contribution is -0.117. The molecule has 1 aromatic rings. The number of rotatable bonds is 4. The highest BCUT2D eigenvalue weighted by molar-refractivity contribution is 5.87. The number of hydrogen-bond donors (Lipinski definition) is 1. The number of ether oxygens (including phenoxy) is 2. The Kier molecular flexibility index (Phi) is 5.66. The molecule has 0 radical (unpaired) electrons. The Labute approximate surface area is 137 Å².